The van der Waals surface area contributed by atoms with E-state index in [-0.39, 0.29) is 0 Å². The van der Waals surface area contributed by atoms with Crippen molar-refractivity contribution in [3.05, 3.63) is 12.7 Å². The van der Waals surface area contributed by atoms with E-state index >= 15 is 0 Å². The topological polar surface area (TPSA) is 373 Å². The van der Waals surface area contributed by atoms with Crippen molar-refractivity contribution in [1.29, 1.82) is 0 Å². The average molecular weight is 775 g/mol. The minimum atomic E-state index is -3.07. The predicted octanol–water partition coefficient (Wildman–Crippen LogP) is -8.15. The Morgan fingerprint density at radius 2 is 1.51 bits per heavy atom. The molecule has 0 aromatic rings. The molecule has 23 heteroatoms. The Kier molecular flexibility index (Phi) is 16.4. The molecule has 53 heavy (non-hydrogen) atoms. The number of ether oxygens (including phenoxy) is 6. The largest absolute Gasteiger partial charge is 0.477 e. The molecule has 2 amide bonds. The van der Waals surface area contributed by atoms with Crippen LogP contribution in [0.1, 0.15) is 20.3 Å². The van der Waals surface area contributed by atoms with Gasteiger partial charge in [0.05, 0.1) is 50.7 Å². The van der Waals surface area contributed by atoms with E-state index in [1.54, 1.807) is 0 Å². The van der Waals surface area contributed by atoms with Gasteiger partial charge in [-0.1, -0.05) is 6.08 Å². The maximum atomic E-state index is 12.7. The van der Waals surface area contributed by atoms with Gasteiger partial charge in [0.25, 0.3) is 5.79 Å². The molecule has 0 aliphatic carbocycles. The van der Waals surface area contributed by atoms with Crippen molar-refractivity contribution in [2.45, 2.75) is 130 Å². The van der Waals surface area contributed by atoms with Crippen molar-refractivity contribution in [3.8, 4) is 0 Å². The van der Waals surface area contributed by atoms with E-state index in [2.05, 4.69) is 17.2 Å². The molecule has 3 fully saturated rings. The summed E-state index contributed by atoms with van der Waals surface area (Å²) in [5.41, 5.74) is 0. The normalized spacial score (nSPS) is 40.0. The highest BCUT2D eigenvalue weighted by molar-refractivity contribution is 5.76. The van der Waals surface area contributed by atoms with Gasteiger partial charge in [-0.25, -0.2) is 4.79 Å². The lowest BCUT2D eigenvalue weighted by Gasteiger charge is -2.50. The zero-order chi connectivity index (χ0) is 39.9. The third kappa shape index (κ3) is 10.4. The summed E-state index contributed by atoms with van der Waals surface area (Å²) in [7, 11) is 0. The Labute approximate surface area is 301 Å². The number of carboxylic acid groups (broad SMARTS) is 1. The predicted molar refractivity (Wildman–Crippen MR) is 168 cm³/mol. The van der Waals surface area contributed by atoms with Crippen LogP contribution in [0.25, 0.3) is 0 Å². The molecule has 3 aliphatic rings. The first-order valence-corrected chi connectivity index (χ1v) is 16.5. The summed E-state index contributed by atoms with van der Waals surface area (Å²) in [5.74, 6) is -6.38. The number of aliphatic carboxylic acids is 1. The highest BCUT2D eigenvalue weighted by Crippen LogP contribution is 2.38. The van der Waals surface area contributed by atoms with E-state index in [4.69, 9.17) is 28.4 Å². The van der Waals surface area contributed by atoms with Gasteiger partial charge in [-0.15, -0.1) is 6.58 Å². The molecule has 3 aliphatic heterocycles. The van der Waals surface area contributed by atoms with Gasteiger partial charge in [0, 0.05) is 20.3 Å². The lowest BCUT2D eigenvalue weighted by Crippen LogP contribution is -2.70. The number of carbonyl (C=O) groups is 3. The molecule has 23 nitrogen and oxygen atoms in total. The van der Waals surface area contributed by atoms with Crippen LogP contribution in [-0.2, 0) is 42.8 Å². The molecular weight excluding hydrogens is 724 g/mol. The highest BCUT2D eigenvalue weighted by atomic mass is 16.8. The smallest absolute Gasteiger partial charge is 0.364 e. The van der Waals surface area contributed by atoms with Gasteiger partial charge in [0.1, 0.15) is 67.1 Å². The minimum Gasteiger partial charge on any atom is -0.477 e. The van der Waals surface area contributed by atoms with Crippen molar-refractivity contribution in [2.24, 2.45) is 0 Å². The van der Waals surface area contributed by atoms with Crippen molar-refractivity contribution in [1.82, 2.24) is 10.6 Å². The molecule has 0 spiro atoms. The maximum absolute atomic E-state index is 12.7. The summed E-state index contributed by atoms with van der Waals surface area (Å²) in [6.45, 7) is 2.15. The molecule has 306 valence electrons. The second kappa shape index (κ2) is 19.4. The monoisotopic (exact) mass is 774 g/mol. The molecule has 0 radical (unpaired) electrons. The number of amides is 2. The van der Waals surface area contributed by atoms with Crippen LogP contribution in [0.2, 0.25) is 0 Å². The summed E-state index contributed by atoms with van der Waals surface area (Å²) in [6, 6.07) is -2.64. The van der Waals surface area contributed by atoms with Crippen LogP contribution >= 0.6 is 0 Å². The fourth-order valence-corrected chi connectivity index (χ4v) is 6.14. The van der Waals surface area contributed by atoms with Gasteiger partial charge in [-0.2, -0.15) is 0 Å². The Hall–Kier alpha value is -2.53. The zero-order valence-electron chi connectivity index (χ0n) is 28.7. The van der Waals surface area contributed by atoms with Crippen LogP contribution in [0.5, 0.6) is 0 Å². The lowest BCUT2D eigenvalue weighted by atomic mass is 9.88. The first kappa shape index (κ1) is 44.9. The second-order valence-electron chi connectivity index (χ2n) is 12.8. The van der Waals surface area contributed by atoms with Crippen LogP contribution in [0.3, 0.4) is 0 Å². The standard InChI is InChI=1S/C30H50N2O21/c1-4-13(38)12(31-10(2)36)9-48-27-22(44)21(43)24(17(8-35)50-27)51-28-23(45)26(20(42)16(7-34)49-28)53-30(29(46)47)5-14(39)18(32-11(3)37)25(52-30)19(41)15(40)6-33/h4,12-28,33-35,38-45H,1,5-9H2,2-3H3,(H,31,36)(H,32,37)(H,46,47)/t12?,13?,14-,15+,16+,17+,18+,19+,20-,21+,22+,23+,24+,25?,26-,27+,28-,30-/m0/s1. The molecule has 18 atom stereocenters. The first-order chi connectivity index (χ1) is 24.9. The van der Waals surface area contributed by atoms with Gasteiger partial charge in [0.2, 0.25) is 11.8 Å². The average Bonchev–Trinajstić information content (AvgIpc) is 3.11. The van der Waals surface area contributed by atoms with E-state index in [0.717, 1.165) is 13.0 Å². The molecule has 3 saturated heterocycles. The Morgan fingerprint density at radius 3 is 2.04 bits per heavy atom. The lowest BCUT2D eigenvalue weighted by molar-refractivity contribution is -0.386. The van der Waals surface area contributed by atoms with Gasteiger partial charge in [-0.3, -0.25) is 9.59 Å². The molecule has 0 aromatic carbocycles. The number of rotatable bonds is 17. The van der Waals surface area contributed by atoms with Crippen LogP contribution in [-0.4, -0.2) is 215 Å². The molecule has 3 rings (SSSR count). The fraction of sp³-hybridized carbons (Fsp3) is 0.833. The summed E-state index contributed by atoms with van der Waals surface area (Å²) in [6.07, 6.45) is -28.4. The number of carboxylic acids is 1. The molecular formula is C30H50N2O21. The van der Waals surface area contributed by atoms with Crippen molar-refractivity contribution in [2.75, 3.05) is 26.4 Å². The number of aliphatic hydroxyl groups is 11. The van der Waals surface area contributed by atoms with E-state index in [1.807, 2.05) is 0 Å². The molecule has 0 saturated carbocycles. The molecule has 0 bridgehead atoms. The minimum absolute atomic E-state index is 0.477. The van der Waals surface area contributed by atoms with Crippen molar-refractivity contribution in [3.63, 3.8) is 0 Å². The number of carbonyl (C=O) groups excluding carboxylic acids is 2. The molecule has 0 aromatic heterocycles. The van der Waals surface area contributed by atoms with Crippen LogP contribution < -0.4 is 10.6 Å². The van der Waals surface area contributed by atoms with Crippen LogP contribution in [0.4, 0.5) is 0 Å². The molecule has 14 N–H and O–H groups in total. The first-order valence-electron chi connectivity index (χ1n) is 16.5. The van der Waals surface area contributed by atoms with Crippen molar-refractivity contribution < 1.29 is 104 Å². The van der Waals surface area contributed by atoms with Gasteiger partial charge in [0.15, 0.2) is 12.6 Å². The summed E-state index contributed by atoms with van der Waals surface area (Å²) in [4.78, 5) is 36.1. The van der Waals surface area contributed by atoms with Crippen LogP contribution in [0, 0.1) is 0 Å². The van der Waals surface area contributed by atoms with Gasteiger partial charge < -0.3 is 100 Å². The quantitative estimate of drug-likeness (QED) is 0.0610. The molecule has 3 unspecified atom stereocenters. The number of nitrogens with one attached hydrogen (secondary N) is 2. The number of hydrogen-bond acceptors (Lipinski definition) is 20. The van der Waals surface area contributed by atoms with E-state index in [9.17, 15) is 75.7 Å². The Morgan fingerprint density at radius 1 is 0.887 bits per heavy atom. The van der Waals surface area contributed by atoms with E-state index in [1.165, 1.54) is 6.92 Å². The highest BCUT2D eigenvalue weighted by Gasteiger charge is 2.60. The Bertz CT molecular complexity index is 1230. The fourth-order valence-electron chi connectivity index (χ4n) is 6.14. The second-order valence-corrected chi connectivity index (χ2v) is 12.8. The third-order valence-electron chi connectivity index (χ3n) is 8.93. The van der Waals surface area contributed by atoms with Gasteiger partial charge in [-0.05, 0) is 0 Å². The zero-order valence-corrected chi connectivity index (χ0v) is 28.7. The number of aliphatic hydroxyl groups excluding tert-OH is 11. The SMILES string of the molecule is C=CC(O)C(CO[C@@H]1O[C@H](CO)[C@@H](O[C@@H]2O[C@H](CO)[C@H](O)[C@H](O[C@]3(C(=O)O)C[C@H](O)[C@@H](NC(C)=O)C([C@H](O)[C@H](O)CO)O3)[C@H]2O)[C@H](O)[C@H]1O)NC(C)=O. The van der Waals surface area contributed by atoms with E-state index in [0.29, 0.717) is 0 Å². The summed E-state index contributed by atoms with van der Waals surface area (Å²) < 4.78 is 33.3. The number of hydrogen-bond donors (Lipinski definition) is 14. The summed E-state index contributed by atoms with van der Waals surface area (Å²) >= 11 is 0. The van der Waals surface area contributed by atoms with E-state index < -0.39 is 160 Å². The maximum Gasteiger partial charge on any atom is 0.364 e. The van der Waals surface area contributed by atoms with Crippen molar-refractivity contribution >= 4 is 17.8 Å². The summed E-state index contributed by atoms with van der Waals surface area (Å²) in [5, 5.41) is 130. The third-order valence-corrected chi connectivity index (χ3v) is 8.93. The molecule has 3 heterocycles. The van der Waals surface area contributed by atoms with Gasteiger partial charge >= 0.3 is 5.97 Å². The van der Waals surface area contributed by atoms with Crippen LogP contribution in [0.15, 0.2) is 12.7 Å². The Balaban J connectivity index is 1.87.